The molecule has 1 aliphatic rings. The molecule has 0 radical (unpaired) electrons. The highest BCUT2D eigenvalue weighted by molar-refractivity contribution is 5.69. The molecule has 1 aliphatic carbocycles. The monoisotopic (exact) mass is 294 g/mol. The van der Waals surface area contributed by atoms with Gasteiger partial charge in [-0.15, -0.1) is 0 Å². The first kappa shape index (κ1) is 15.6. The molecule has 21 heavy (non-hydrogen) atoms. The highest BCUT2D eigenvalue weighted by Gasteiger charge is 2.37. The van der Waals surface area contributed by atoms with Crippen LogP contribution >= 0.6 is 0 Å². The van der Waals surface area contributed by atoms with E-state index in [0.29, 0.717) is 24.0 Å². The third kappa shape index (κ3) is 3.47. The minimum Gasteiger partial charge on any atom is -0.496 e. The molecule has 5 heteroatoms. The number of methoxy groups -OCH3 is 3. The van der Waals surface area contributed by atoms with Crippen molar-refractivity contribution in [3.05, 3.63) is 23.3 Å². The SMILES string of the molecule is COCc1ccc(OC)c(C(CC(=O)O)C2CC2)c1OC. The van der Waals surface area contributed by atoms with E-state index in [1.54, 1.807) is 21.3 Å². The first-order valence-electron chi connectivity index (χ1n) is 7.06. The molecule has 1 aromatic carbocycles. The van der Waals surface area contributed by atoms with Crippen molar-refractivity contribution >= 4 is 5.97 Å². The molecule has 0 amide bonds. The Labute approximate surface area is 124 Å². The number of rotatable bonds is 8. The molecule has 116 valence electrons. The largest absolute Gasteiger partial charge is 0.496 e. The van der Waals surface area contributed by atoms with Crippen molar-refractivity contribution in [1.29, 1.82) is 0 Å². The van der Waals surface area contributed by atoms with Crippen molar-refractivity contribution in [2.24, 2.45) is 5.92 Å². The molecular formula is C16H22O5. The van der Waals surface area contributed by atoms with E-state index in [-0.39, 0.29) is 12.3 Å². The van der Waals surface area contributed by atoms with Crippen molar-refractivity contribution in [2.45, 2.75) is 31.8 Å². The normalized spacial score (nSPS) is 15.6. The maximum absolute atomic E-state index is 11.2. The fraction of sp³-hybridized carbons (Fsp3) is 0.562. The van der Waals surface area contributed by atoms with Crippen LogP contribution < -0.4 is 9.47 Å². The van der Waals surface area contributed by atoms with Gasteiger partial charge in [0.05, 0.1) is 27.2 Å². The predicted molar refractivity (Wildman–Crippen MR) is 78.0 cm³/mol. The number of hydrogen-bond donors (Lipinski definition) is 1. The summed E-state index contributed by atoms with van der Waals surface area (Å²) in [6, 6.07) is 3.76. The van der Waals surface area contributed by atoms with Gasteiger partial charge in [-0.2, -0.15) is 0 Å². The molecule has 0 spiro atoms. The Kier molecular flexibility index (Phi) is 5.07. The number of carboxylic acids is 1. The zero-order chi connectivity index (χ0) is 15.4. The highest BCUT2D eigenvalue weighted by atomic mass is 16.5. The van der Waals surface area contributed by atoms with Crippen LogP contribution in [0.4, 0.5) is 0 Å². The van der Waals surface area contributed by atoms with E-state index in [9.17, 15) is 9.90 Å². The summed E-state index contributed by atoms with van der Waals surface area (Å²) in [7, 11) is 4.82. The standard InChI is InChI=1S/C16H22O5/c1-19-9-11-6-7-13(20-2)15(16(11)21-3)12(8-14(17)18)10-4-5-10/h6-7,10,12H,4-5,8-9H2,1-3H3,(H,17,18). The van der Waals surface area contributed by atoms with E-state index in [1.165, 1.54) is 0 Å². The molecule has 1 aromatic rings. The molecule has 5 nitrogen and oxygen atoms in total. The van der Waals surface area contributed by atoms with E-state index in [2.05, 4.69) is 0 Å². The molecule has 2 rings (SSSR count). The van der Waals surface area contributed by atoms with E-state index in [0.717, 1.165) is 24.0 Å². The molecule has 0 saturated heterocycles. The van der Waals surface area contributed by atoms with Gasteiger partial charge in [0.2, 0.25) is 0 Å². The van der Waals surface area contributed by atoms with Crippen LogP contribution in [0.15, 0.2) is 12.1 Å². The van der Waals surface area contributed by atoms with Crippen molar-refractivity contribution in [3.63, 3.8) is 0 Å². The number of aliphatic carboxylic acids is 1. The van der Waals surface area contributed by atoms with Crippen LogP contribution in [0.25, 0.3) is 0 Å². The molecule has 1 atom stereocenters. The quantitative estimate of drug-likeness (QED) is 0.798. The summed E-state index contributed by atoms with van der Waals surface area (Å²) in [5, 5.41) is 9.22. The van der Waals surface area contributed by atoms with Gasteiger partial charge in [-0.1, -0.05) is 0 Å². The summed E-state index contributed by atoms with van der Waals surface area (Å²) in [5.41, 5.74) is 1.77. The van der Waals surface area contributed by atoms with Crippen molar-refractivity contribution < 1.29 is 24.1 Å². The van der Waals surface area contributed by atoms with Crippen LogP contribution in [-0.4, -0.2) is 32.4 Å². The number of hydrogen-bond acceptors (Lipinski definition) is 4. The lowest BCUT2D eigenvalue weighted by molar-refractivity contribution is -0.137. The average Bonchev–Trinajstić information content (AvgIpc) is 3.29. The summed E-state index contributed by atoms with van der Waals surface area (Å²) >= 11 is 0. The first-order chi connectivity index (χ1) is 10.1. The van der Waals surface area contributed by atoms with Crippen LogP contribution in [0.2, 0.25) is 0 Å². The maximum Gasteiger partial charge on any atom is 0.303 e. The van der Waals surface area contributed by atoms with E-state index in [1.807, 2.05) is 12.1 Å². The van der Waals surface area contributed by atoms with Crippen LogP contribution in [0.1, 0.15) is 36.3 Å². The van der Waals surface area contributed by atoms with Gasteiger partial charge in [-0.3, -0.25) is 4.79 Å². The average molecular weight is 294 g/mol. The minimum absolute atomic E-state index is 0.0794. The fourth-order valence-electron chi connectivity index (χ4n) is 2.86. The lowest BCUT2D eigenvalue weighted by Gasteiger charge is -2.23. The van der Waals surface area contributed by atoms with Gasteiger partial charge in [0.15, 0.2) is 0 Å². The zero-order valence-corrected chi connectivity index (χ0v) is 12.7. The Hall–Kier alpha value is -1.75. The van der Waals surface area contributed by atoms with Gasteiger partial charge in [-0.05, 0) is 30.9 Å². The molecule has 1 saturated carbocycles. The summed E-state index contributed by atoms with van der Waals surface area (Å²) < 4.78 is 16.2. The van der Waals surface area contributed by atoms with Crippen LogP contribution in [0, 0.1) is 5.92 Å². The van der Waals surface area contributed by atoms with Crippen molar-refractivity contribution in [1.82, 2.24) is 0 Å². The fourth-order valence-corrected chi connectivity index (χ4v) is 2.86. The Morgan fingerprint density at radius 2 is 2.00 bits per heavy atom. The van der Waals surface area contributed by atoms with Crippen molar-refractivity contribution in [2.75, 3.05) is 21.3 Å². The number of ether oxygens (including phenoxy) is 3. The van der Waals surface area contributed by atoms with E-state index < -0.39 is 5.97 Å². The molecular weight excluding hydrogens is 272 g/mol. The number of carboxylic acid groups (broad SMARTS) is 1. The predicted octanol–water partition coefficient (Wildman–Crippen LogP) is 2.82. The molecule has 0 aromatic heterocycles. The maximum atomic E-state index is 11.2. The molecule has 1 unspecified atom stereocenters. The second-order valence-corrected chi connectivity index (χ2v) is 5.35. The van der Waals surface area contributed by atoms with Gasteiger partial charge >= 0.3 is 5.97 Å². The Morgan fingerprint density at radius 1 is 1.29 bits per heavy atom. The second kappa shape index (κ2) is 6.80. The van der Waals surface area contributed by atoms with Crippen LogP contribution in [-0.2, 0) is 16.1 Å². The summed E-state index contributed by atoms with van der Waals surface area (Å²) in [4.78, 5) is 11.2. The van der Waals surface area contributed by atoms with Crippen molar-refractivity contribution in [3.8, 4) is 11.5 Å². The van der Waals surface area contributed by atoms with Gasteiger partial charge in [0, 0.05) is 24.2 Å². The summed E-state index contributed by atoms with van der Waals surface area (Å²) in [5.74, 6) is 0.887. The van der Waals surface area contributed by atoms with Gasteiger partial charge < -0.3 is 19.3 Å². The topological polar surface area (TPSA) is 65.0 Å². The lowest BCUT2D eigenvalue weighted by Crippen LogP contribution is -2.12. The molecule has 1 fully saturated rings. The molecule has 0 aliphatic heterocycles. The summed E-state index contributed by atoms with van der Waals surface area (Å²) in [6.45, 7) is 0.421. The van der Waals surface area contributed by atoms with Crippen LogP contribution in [0.5, 0.6) is 11.5 Å². The first-order valence-corrected chi connectivity index (χ1v) is 7.06. The molecule has 0 bridgehead atoms. The number of benzene rings is 1. The van der Waals surface area contributed by atoms with Gasteiger partial charge in [-0.25, -0.2) is 0 Å². The highest BCUT2D eigenvalue weighted by Crippen LogP contribution is 2.50. The third-order valence-electron chi connectivity index (χ3n) is 3.92. The van der Waals surface area contributed by atoms with Gasteiger partial charge in [0.1, 0.15) is 11.5 Å². The minimum atomic E-state index is -0.798. The lowest BCUT2D eigenvalue weighted by atomic mass is 9.88. The van der Waals surface area contributed by atoms with E-state index in [4.69, 9.17) is 14.2 Å². The second-order valence-electron chi connectivity index (χ2n) is 5.35. The molecule has 0 heterocycles. The number of carbonyl (C=O) groups is 1. The Morgan fingerprint density at radius 3 is 2.48 bits per heavy atom. The van der Waals surface area contributed by atoms with Crippen LogP contribution in [0.3, 0.4) is 0 Å². The van der Waals surface area contributed by atoms with E-state index >= 15 is 0 Å². The third-order valence-corrected chi connectivity index (χ3v) is 3.92. The summed E-state index contributed by atoms with van der Waals surface area (Å²) in [6.07, 6.45) is 2.20. The van der Waals surface area contributed by atoms with Gasteiger partial charge in [0.25, 0.3) is 0 Å². The Bertz CT molecular complexity index is 508. The zero-order valence-electron chi connectivity index (χ0n) is 12.7. The Balaban J connectivity index is 2.50. The smallest absolute Gasteiger partial charge is 0.303 e. The molecule has 1 N–H and O–H groups in total.